The Bertz CT molecular complexity index is 419. The van der Waals surface area contributed by atoms with Crippen molar-refractivity contribution in [2.24, 2.45) is 0 Å². The standard InChI is InChI=1S/C17H28N2O/c1-4-6-16-13-19(10-5-9-18-16)12-15-11-14(2)7-8-17(15)20-3/h7-8,11,16,18H,4-6,9-10,12-13H2,1-3H3. The van der Waals surface area contributed by atoms with Gasteiger partial charge in [0.2, 0.25) is 0 Å². The number of nitrogens with one attached hydrogen (secondary N) is 1. The topological polar surface area (TPSA) is 24.5 Å². The van der Waals surface area contributed by atoms with E-state index in [4.69, 9.17) is 4.74 Å². The molecule has 1 aromatic carbocycles. The number of nitrogens with zero attached hydrogens (tertiary/aromatic N) is 1. The van der Waals surface area contributed by atoms with Crippen LogP contribution in [0.4, 0.5) is 0 Å². The lowest BCUT2D eigenvalue weighted by Crippen LogP contribution is -2.37. The second-order valence-corrected chi connectivity index (χ2v) is 5.84. The van der Waals surface area contributed by atoms with Crippen molar-refractivity contribution in [2.75, 3.05) is 26.7 Å². The molecule has 0 amide bonds. The van der Waals surface area contributed by atoms with E-state index in [-0.39, 0.29) is 0 Å². The van der Waals surface area contributed by atoms with E-state index >= 15 is 0 Å². The van der Waals surface area contributed by atoms with Gasteiger partial charge in [-0.3, -0.25) is 4.90 Å². The maximum Gasteiger partial charge on any atom is 0.123 e. The van der Waals surface area contributed by atoms with Crippen molar-refractivity contribution in [1.82, 2.24) is 10.2 Å². The quantitative estimate of drug-likeness (QED) is 0.895. The van der Waals surface area contributed by atoms with Crippen LogP contribution < -0.4 is 10.1 Å². The number of rotatable bonds is 5. The average Bonchev–Trinajstić information content (AvgIpc) is 2.65. The van der Waals surface area contributed by atoms with Crippen LogP contribution in [-0.2, 0) is 6.54 Å². The van der Waals surface area contributed by atoms with Crippen LogP contribution in [-0.4, -0.2) is 37.7 Å². The second-order valence-electron chi connectivity index (χ2n) is 5.84. The van der Waals surface area contributed by atoms with Crippen LogP contribution in [0.25, 0.3) is 0 Å². The maximum absolute atomic E-state index is 5.51. The van der Waals surface area contributed by atoms with Crippen molar-refractivity contribution in [3.05, 3.63) is 29.3 Å². The maximum atomic E-state index is 5.51. The Morgan fingerprint density at radius 2 is 2.25 bits per heavy atom. The number of hydrogen-bond donors (Lipinski definition) is 1. The molecule has 1 aliphatic heterocycles. The monoisotopic (exact) mass is 276 g/mol. The number of hydrogen-bond acceptors (Lipinski definition) is 3. The van der Waals surface area contributed by atoms with Gasteiger partial charge in [-0.25, -0.2) is 0 Å². The van der Waals surface area contributed by atoms with Gasteiger partial charge in [0.15, 0.2) is 0 Å². The third-order valence-electron chi connectivity index (χ3n) is 4.03. The lowest BCUT2D eigenvalue weighted by Gasteiger charge is -2.25. The Morgan fingerprint density at radius 3 is 3.00 bits per heavy atom. The van der Waals surface area contributed by atoms with Gasteiger partial charge in [-0.05, 0) is 38.9 Å². The number of methoxy groups -OCH3 is 1. The van der Waals surface area contributed by atoms with Crippen LogP contribution in [0, 0.1) is 6.92 Å². The van der Waals surface area contributed by atoms with Crippen LogP contribution in [0.2, 0.25) is 0 Å². The van der Waals surface area contributed by atoms with E-state index < -0.39 is 0 Å². The Labute approximate surface area is 123 Å². The molecule has 1 aromatic rings. The van der Waals surface area contributed by atoms with E-state index in [1.54, 1.807) is 7.11 Å². The first kappa shape index (κ1) is 15.3. The van der Waals surface area contributed by atoms with Crippen molar-refractivity contribution in [3.8, 4) is 5.75 Å². The molecule has 0 aromatic heterocycles. The summed E-state index contributed by atoms with van der Waals surface area (Å²) in [6.07, 6.45) is 3.75. The smallest absolute Gasteiger partial charge is 0.123 e. The molecule has 0 aliphatic carbocycles. The lowest BCUT2D eigenvalue weighted by atomic mass is 10.1. The molecule has 0 spiro atoms. The van der Waals surface area contributed by atoms with Gasteiger partial charge in [0, 0.05) is 24.7 Å². The lowest BCUT2D eigenvalue weighted by molar-refractivity contribution is 0.251. The molecule has 2 rings (SSSR count). The van der Waals surface area contributed by atoms with Gasteiger partial charge in [-0.2, -0.15) is 0 Å². The molecule has 20 heavy (non-hydrogen) atoms. The summed E-state index contributed by atoms with van der Waals surface area (Å²) in [5.41, 5.74) is 2.61. The molecule has 112 valence electrons. The fourth-order valence-corrected chi connectivity index (χ4v) is 3.03. The van der Waals surface area contributed by atoms with Crippen molar-refractivity contribution in [1.29, 1.82) is 0 Å². The number of ether oxygens (including phenoxy) is 1. The van der Waals surface area contributed by atoms with E-state index in [1.807, 2.05) is 0 Å². The summed E-state index contributed by atoms with van der Waals surface area (Å²) in [5.74, 6) is 1.01. The van der Waals surface area contributed by atoms with Crippen LogP contribution in [0.5, 0.6) is 5.75 Å². The Hall–Kier alpha value is -1.06. The average molecular weight is 276 g/mol. The molecular weight excluding hydrogens is 248 g/mol. The third-order valence-corrected chi connectivity index (χ3v) is 4.03. The second kappa shape index (κ2) is 7.65. The van der Waals surface area contributed by atoms with Crippen molar-refractivity contribution >= 4 is 0 Å². The molecule has 1 saturated heterocycles. The SMILES string of the molecule is CCCC1CN(Cc2cc(C)ccc2OC)CCCN1. The number of benzene rings is 1. The molecule has 0 radical (unpaired) electrons. The molecule has 0 bridgehead atoms. The molecule has 1 N–H and O–H groups in total. The molecule has 0 saturated carbocycles. The van der Waals surface area contributed by atoms with Gasteiger partial charge in [-0.15, -0.1) is 0 Å². The summed E-state index contributed by atoms with van der Waals surface area (Å²) in [6.45, 7) is 8.86. The van der Waals surface area contributed by atoms with E-state index in [1.165, 1.54) is 36.9 Å². The van der Waals surface area contributed by atoms with Gasteiger partial charge >= 0.3 is 0 Å². The highest BCUT2D eigenvalue weighted by Gasteiger charge is 2.18. The minimum atomic E-state index is 0.637. The normalized spacial score (nSPS) is 20.6. The van der Waals surface area contributed by atoms with E-state index in [0.29, 0.717) is 6.04 Å². The molecule has 1 aliphatic rings. The fraction of sp³-hybridized carbons (Fsp3) is 0.647. The summed E-state index contributed by atoms with van der Waals surface area (Å²) in [6, 6.07) is 7.10. The first-order valence-electron chi connectivity index (χ1n) is 7.82. The zero-order valence-corrected chi connectivity index (χ0v) is 13.1. The summed E-state index contributed by atoms with van der Waals surface area (Å²) in [5, 5.41) is 3.67. The molecular formula is C17H28N2O. The molecule has 1 atom stereocenters. The first-order valence-corrected chi connectivity index (χ1v) is 7.82. The highest BCUT2D eigenvalue weighted by Crippen LogP contribution is 2.22. The van der Waals surface area contributed by atoms with Gasteiger partial charge in [0.1, 0.15) is 5.75 Å². The van der Waals surface area contributed by atoms with Gasteiger partial charge < -0.3 is 10.1 Å². The minimum Gasteiger partial charge on any atom is -0.496 e. The van der Waals surface area contributed by atoms with Crippen LogP contribution in [0.3, 0.4) is 0 Å². The van der Waals surface area contributed by atoms with Gasteiger partial charge in [0.25, 0.3) is 0 Å². The summed E-state index contributed by atoms with van der Waals surface area (Å²) < 4.78 is 5.51. The van der Waals surface area contributed by atoms with Crippen molar-refractivity contribution < 1.29 is 4.74 Å². The molecule has 3 nitrogen and oxygen atoms in total. The van der Waals surface area contributed by atoms with E-state index in [0.717, 1.165) is 25.4 Å². The molecule has 1 unspecified atom stereocenters. The molecule has 1 heterocycles. The van der Waals surface area contributed by atoms with Crippen molar-refractivity contribution in [2.45, 2.75) is 45.7 Å². The predicted molar refractivity (Wildman–Crippen MR) is 84.3 cm³/mol. The summed E-state index contributed by atoms with van der Waals surface area (Å²) in [7, 11) is 1.76. The first-order chi connectivity index (χ1) is 9.72. The zero-order valence-electron chi connectivity index (χ0n) is 13.1. The fourth-order valence-electron chi connectivity index (χ4n) is 3.03. The predicted octanol–water partition coefficient (Wildman–Crippen LogP) is 2.97. The highest BCUT2D eigenvalue weighted by atomic mass is 16.5. The zero-order chi connectivity index (χ0) is 14.4. The Morgan fingerprint density at radius 1 is 1.40 bits per heavy atom. The minimum absolute atomic E-state index is 0.637. The van der Waals surface area contributed by atoms with Gasteiger partial charge in [-0.1, -0.05) is 31.0 Å². The van der Waals surface area contributed by atoms with E-state index in [2.05, 4.69) is 42.3 Å². The van der Waals surface area contributed by atoms with Crippen LogP contribution in [0.15, 0.2) is 18.2 Å². The molecule has 3 heteroatoms. The largest absolute Gasteiger partial charge is 0.496 e. The Kier molecular flexibility index (Phi) is 5.86. The number of aryl methyl sites for hydroxylation is 1. The summed E-state index contributed by atoms with van der Waals surface area (Å²) >= 11 is 0. The van der Waals surface area contributed by atoms with Crippen LogP contribution in [0.1, 0.15) is 37.3 Å². The van der Waals surface area contributed by atoms with Gasteiger partial charge in [0.05, 0.1) is 7.11 Å². The highest BCUT2D eigenvalue weighted by molar-refractivity contribution is 5.36. The van der Waals surface area contributed by atoms with Crippen molar-refractivity contribution in [3.63, 3.8) is 0 Å². The molecule has 1 fully saturated rings. The van der Waals surface area contributed by atoms with Crippen LogP contribution >= 0.6 is 0 Å². The Balaban J connectivity index is 2.05. The van der Waals surface area contributed by atoms with E-state index in [9.17, 15) is 0 Å². The summed E-state index contributed by atoms with van der Waals surface area (Å²) in [4.78, 5) is 2.57. The third kappa shape index (κ3) is 4.22.